The number of carbonyl (C=O) groups is 1. The number of aliphatic hydroxyl groups is 1. The van der Waals surface area contributed by atoms with Crippen molar-refractivity contribution in [3.63, 3.8) is 0 Å². The maximum atomic E-state index is 12.6. The van der Waals surface area contributed by atoms with Gasteiger partial charge in [0.25, 0.3) is 0 Å². The fraction of sp³-hybridized carbons (Fsp3) is 0.464. The van der Waals surface area contributed by atoms with Gasteiger partial charge in [-0.2, -0.15) is 5.26 Å². The second-order valence-corrected chi connectivity index (χ2v) is 10.7. The molecule has 8 nitrogen and oxygen atoms in total. The number of alkyl carbamates (subject to hydrolysis) is 1. The molecule has 2 aliphatic heterocycles. The number of guanidine groups is 1. The van der Waals surface area contributed by atoms with Gasteiger partial charge in [0.15, 0.2) is 0 Å². The van der Waals surface area contributed by atoms with Gasteiger partial charge in [0.2, 0.25) is 5.96 Å². The Labute approximate surface area is 212 Å². The number of hydrogen-bond acceptors (Lipinski definition) is 7. The van der Waals surface area contributed by atoms with Crippen LogP contribution in [0.1, 0.15) is 51.7 Å². The number of hydrogen-bond donors (Lipinski definition) is 2. The van der Waals surface area contributed by atoms with Crippen LogP contribution in [0.25, 0.3) is 11.1 Å². The molecule has 4 rings (SSSR count). The lowest BCUT2D eigenvalue weighted by molar-refractivity contribution is -0.151. The third-order valence-electron chi connectivity index (χ3n) is 7.24. The maximum absolute atomic E-state index is 12.6. The first kappa shape index (κ1) is 25.7. The van der Waals surface area contributed by atoms with Crippen LogP contribution in [0.5, 0.6) is 0 Å². The Morgan fingerprint density at radius 3 is 2.47 bits per heavy atom. The van der Waals surface area contributed by atoms with Crippen molar-refractivity contribution in [3.05, 3.63) is 59.7 Å². The summed E-state index contributed by atoms with van der Waals surface area (Å²) in [5.74, 6) is 0.244. The van der Waals surface area contributed by atoms with Crippen molar-refractivity contribution in [2.24, 2.45) is 10.4 Å². The van der Waals surface area contributed by atoms with Gasteiger partial charge in [-0.05, 0) is 75.4 Å². The number of rotatable bonds is 2. The lowest BCUT2D eigenvalue weighted by Crippen LogP contribution is -2.65. The first-order valence-electron chi connectivity index (χ1n) is 12.2. The van der Waals surface area contributed by atoms with Crippen LogP contribution in [0.15, 0.2) is 53.5 Å². The zero-order valence-corrected chi connectivity index (χ0v) is 21.5. The van der Waals surface area contributed by atoms with E-state index in [1.165, 1.54) is 0 Å². The van der Waals surface area contributed by atoms with Crippen molar-refractivity contribution < 1.29 is 19.4 Å². The molecule has 2 aromatic carbocycles. The summed E-state index contributed by atoms with van der Waals surface area (Å²) in [6.45, 7) is 8.41. The van der Waals surface area contributed by atoms with Crippen LogP contribution in [0.4, 0.5) is 4.79 Å². The van der Waals surface area contributed by atoms with Gasteiger partial charge >= 0.3 is 6.09 Å². The number of nitriles is 1. The van der Waals surface area contributed by atoms with Crippen LogP contribution in [0.3, 0.4) is 0 Å². The van der Waals surface area contributed by atoms with Crippen LogP contribution >= 0.6 is 0 Å². The highest BCUT2D eigenvalue weighted by Gasteiger charge is 2.59. The predicted molar refractivity (Wildman–Crippen MR) is 137 cm³/mol. The van der Waals surface area contributed by atoms with E-state index < -0.39 is 28.9 Å². The fourth-order valence-electron chi connectivity index (χ4n) is 5.25. The Kier molecular flexibility index (Phi) is 6.82. The van der Waals surface area contributed by atoms with Crippen molar-refractivity contribution in [2.45, 2.75) is 57.9 Å². The molecular formula is C28H34N4O4. The van der Waals surface area contributed by atoms with E-state index in [1.54, 1.807) is 38.8 Å². The summed E-state index contributed by atoms with van der Waals surface area (Å²) >= 11 is 0. The molecule has 190 valence electrons. The topological polar surface area (TPSA) is 107 Å². The summed E-state index contributed by atoms with van der Waals surface area (Å²) in [7, 11) is 1.72. The zero-order chi connectivity index (χ0) is 26.1. The van der Waals surface area contributed by atoms with Gasteiger partial charge in [0, 0.05) is 25.7 Å². The summed E-state index contributed by atoms with van der Waals surface area (Å²) in [5, 5.41) is 23.8. The van der Waals surface area contributed by atoms with Crippen LogP contribution in [0.2, 0.25) is 0 Å². The summed E-state index contributed by atoms with van der Waals surface area (Å²) in [5.41, 5.74) is 1.15. The monoisotopic (exact) mass is 490 g/mol. The maximum Gasteiger partial charge on any atom is 0.414 e. The minimum atomic E-state index is -0.917. The molecule has 0 bridgehead atoms. The van der Waals surface area contributed by atoms with Gasteiger partial charge in [-0.15, -0.1) is 0 Å². The van der Waals surface area contributed by atoms with Crippen molar-refractivity contribution in [1.82, 2.24) is 10.2 Å². The quantitative estimate of drug-likeness (QED) is 0.647. The average Bonchev–Trinajstić information content (AvgIpc) is 2.86. The van der Waals surface area contributed by atoms with E-state index in [9.17, 15) is 15.2 Å². The van der Waals surface area contributed by atoms with Gasteiger partial charge in [0.1, 0.15) is 11.8 Å². The van der Waals surface area contributed by atoms with E-state index >= 15 is 0 Å². The van der Waals surface area contributed by atoms with E-state index in [2.05, 4.69) is 17.5 Å². The highest BCUT2D eigenvalue weighted by atomic mass is 16.6. The first-order valence-corrected chi connectivity index (χ1v) is 12.2. The standard InChI is InChI=1S/C28H34N4O4/c1-26(2,3)36-25(34)30-24-31-27(4,28(23(33)32(24)5)12-14-35-15-13-28)22-11-7-10-21(17-22)20-9-6-8-19(16-20)18-29/h6-11,16-17,23,33H,12-15H2,1-5H3,(H,30,31,34). The second kappa shape index (κ2) is 9.57. The molecule has 0 radical (unpaired) electrons. The van der Waals surface area contributed by atoms with Crippen molar-refractivity contribution in [2.75, 3.05) is 20.3 Å². The zero-order valence-electron chi connectivity index (χ0n) is 21.5. The molecule has 2 aromatic rings. The number of nitrogens with one attached hydrogen (secondary N) is 1. The number of aliphatic hydroxyl groups excluding tert-OH is 1. The molecule has 2 unspecified atom stereocenters. The van der Waals surface area contributed by atoms with Crippen LogP contribution in [-0.2, 0) is 15.0 Å². The second-order valence-electron chi connectivity index (χ2n) is 10.7. The van der Waals surface area contributed by atoms with Crippen LogP contribution in [-0.4, -0.2) is 54.1 Å². The minimum Gasteiger partial charge on any atom is -0.444 e. The van der Waals surface area contributed by atoms with Crippen LogP contribution in [0, 0.1) is 16.7 Å². The van der Waals surface area contributed by atoms with Gasteiger partial charge < -0.3 is 19.5 Å². The van der Waals surface area contributed by atoms with Gasteiger partial charge in [0.05, 0.1) is 17.2 Å². The van der Waals surface area contributed by atoms with E-state index in [-0.39, 0.29) is 5.96 Å². The number of benzene rings is 2. The Bertz CT molecular complexity index is 1210. The minimum absolute atomic E-state index is 0.244. The molecule has 0 aromatic heterocycles. The van der Waals surface area contributed by atoms with Crippen molar-refractivity contribution >= 4 is 12.1 Å². The largest absolute Gasteiger partial charge is 0.444 e. The van der Waals surface area contributed by atoms with Gasteiger partial charge in [-0.1, -0.05) is 30.3 Å². The molecule has 2 N–H and O–H groups in total. The number of amides is 1. The molecule has 0 saturated carbocycles. The smallest absolute Gasteiger partial charge is 0.414 e. The number of nitrogens with zero attached hydrogens (tertiary/aromatic N) is 3. The molecule has 1 saturated heterocycles. The molecule has 2 atom stereocenters. The number of ether oxygens (including phenoxy) is 2. The van der Waals surface area contributed by atoms with E-state index in [0.717, 1.165) is 16.7 Å². The van der Waals surface area contributed by atoms with Crippen LogP contribution < -0.4 is 5.32 Å². The average molecular weight is 491 g/mol. The molecule has 1 spiro atoms. The summed E-state index contributed by atoms with van der Waals surface area (Å²) in [6, 6.07) is 17.7. The third-order valence-corrected chi connectivity index (χ3v) is 7.24. The fourth-order valence-corrected chi connectivity index (χ4v) is 5.25. The Morgan fingerprint density at radius 2 is 1.83 bits per heavy atom. The summed E-state index contributed by atoms with van der Waals surface area (Å²) in [4.78, 5) is 19.3. The molecule has 1 fully saturated rings. The predicted octanol–water partition coefficient (Wildman–Crippen LogP) is 4.38. The van der Waals surface area contributed by atoms with Gasteiger partial charge in [-0.25, -0.2) is 9.79 Å². The lowest BCUT2D eigenvalue weighted by atomic mass is 9.60. The lowest BCUT2D eigenvalue weighted by Gasteiger charge is -2.56. The summed E-state index contributed by atoms with van der Waals surface area (Å²) < 4.78 is 11.1. The third kappa shape index (κ3) is 4.69. The Hall–Kier alpha value is -3.41. The highest BCUT2D eigenvalue weighted by Crippen LogP contribution is 2.54. The Balaban J connectivity index is 1.83. The van der Waals surface area contributed by atoms with Gasteiger partial charge in [-0.3, -0.25) is 5.32 Å². The van der Waals surface area contributed by atoms with E-state index in [0.29, 0.717) is 31.6 Å². The molecular weight excluding hydrogens is 456 g/mol. The summed E-state index contributed by atoms with van der Waals surface area (Å²) in [6.07, 6.45) is -0.342. The molecule has 2 heterocycles. The highest BCUT2D eigenvalue weighted by molar-refractivity contribution is 5.95. The first-order chi connectivity index (χ1) is 17.0. The number of carbonyl (C=O) groups excluding carboxylic acids is 1. The molecule has 1 amide bonds. The van der Waals surface area contributed by atoms with E-state index in [1.807, 2.05) is 43.3 Å². The van der Waals surface area contributed by atoms with E-state index in [4.69, 9.17) is 14.5 Å². The number of aliphatic imine (C=N–C) groups is 1. The molecule has 2 aliphatic rings. The normalized spacial score (nSPS) is 23.5. The van der Waals surface area contributed by atoms with Crippen molar-refractivity contribution in [1.29, 1.82) is 5.26 Å². The Morgan fingerprint density at radius 1 is 1.19 bits per heavy atom. The SMILES string of the molecule is CN1C(NC(=O)OC(C)(C)C)=NC(C)(c2cccc(-c3cccc(C#N)c3)c2)C2(CCOCC2)C1O. The molecule has 36 heavy (non-hydrogen) atoms. The molecule has 8 heteroatoms. The molecule has 0 aliphatic carbocycles. The van der Waals surface area contributed by atoms with Crippen molar-refractivity contribution in [3.8, 4) is 17.2 Å².